The second-order valence-electron chi connectivity index (χ2n) is 5.84. The Labute approximate surface area is 128 Å². The van der Waals surface area contributed by atoms with Crippen LogP contribution in [0, 0.1) is 11.8 Å². The molecular formula is C13H27Cl2N3O. The van der Waals surface area contributed by atoms with E-state index < -0.39 is 0 Å². The lowest BCUT2D eigenvalue weighted by Gasteiger charge is -2.36. The maximum absolute atomic E-state index is 12.1. The molecule has 0 bridgehead atoms. The van der Waals surface area contributed by atoms with Crippen molar-refractivity contribution in [3.8, 4) is 0 Å². The summed E-state index contributed by atoms with van der Waals surface area (Å²) in [7, 11) is 0. The number of rotatable bonds is 4. The van der Waals surface area contributed by atoms with Crippen molar-refractivity contribution in [2.45, 2.75) is 32.7 Å². The Morgan fingerprint density at radius 1 is 1.16 bits per heavy atom. The summed E-state index contributed by atoms with van der Waals surface area (Å²) in [6, 6.07) is -0.329. The van der Waals surface area contributed by atoms with Gasteiger partial charge in [0.1, 0.15) is 0 Å². The minimum absolute atomic E-state index is 0. The second kappa shape index (κ2) is 8.30. The van der Waals surface area contributed by atoms with E-state index >= 15 is 0 Å². The van der Waals surface area contributed by atoms with Crippen LogP contribution >= 0.6 is 24.8 Å². The molecule has 1 unspecified atom stereocenters. The quantitative estimate of drug-likeness (QED) is 0.853. The fourth-order valence-electron chi connectivity index (χ4n) is 2.31. The number of hydrogen-bond donors (Lipinski definition) is 1. The molecule has 2 fully saturated rings. The van der Waals surface area contributed by atoms with Gasteiger partial charge in [-0.3, -0.25) is 9.69 Å². The van der Waals surface area contributed by atoms with Crippen molar-refractivity contribution in [2.24, 2.45) is 17.6 Å². The SMILES string of the molecule is CC(C)C(N)C(=O)N1CCN(CC2CC2)CC1.Cl.Cl. The fraction of sp³-hybridized carbons (Fsp3) is 0.923. The average molecular weight is 312 g/mol. The van der Waals surface area contributed by atoms with Gasteiger partial charge in [-0.1, -0.05) is 13.8 Å². The molecular weight excluding hydrogens is 285 g/mol. The van der Waals surface area contributed by atoms with Gasteiger partial charge in [0.15, 0.2) is 0 Å². The molecule has 2 aliphatic rings. The minimum Gasteiger partial charge on any atom is -0.339 e. The molecule has 0 aromatic carbocycles. The molecule has 0 spiro atoms. The highest BCUT2D eigenvalue weighted by atomic mass is 35.5. The molecule has 1 amide bonds. The van der Waals surface area contributed by atoms with E-state index in [0.29, 0.717) is 0 Å². The molecule has 19 heavy (non-hydrogen) atoms. The van der Waals surface area contributed by atoms with Crippen LogP contribution in [0.4, 0.5) is 0 Å². The molecule has 2 rings (SSSR count). The van der Waals surface area contributed by atoms with E-state index in [4.69, 9.17) is 5.73 Å². The van der Waals surface area contributed by atoms with E-state index in [1.165, 1.54) is 19.4 Å². The van der Waals surface area contributed by atoms with E-state index in [1.807, 2.05) is 18.7 Å². The summed E-state index contributed by atoms with van der Waals surface area (Å²) in [5.41, 5.74) is 5.91. The van der Waals surface area contributed by atoms with Gasteiger partial charge in [-0.25, -0.2) is 0 Å². The van der Waals surface area contributed by atoms with E-state index in [9.17, 15) is 4.79 Å². The third-order valence-corrected chi connectivity index (χ3v) is 3.90. The highest BCUT2D eigenvalue weighted by Gasteiger charge is 2.29. The average Bonchev–Trinajstić information content (AvgIpc) is 3.12. The zero-order valence-corrected chi connectivity index (χ0v) is 13.5. The predicted molar refractivity (Wildman–Crippen MR) is 83.1 cm³/mol. The van der Waals surface area contributed by atoms with Crippen LogP contribution in [0.2, 0.25) is 0 Å². The van der Waals surface area contributed by atoms with Gasteiger partial charge in [0.05, 0.1) is 6.04 Å². The molecule has 0 aromatic rings. The fourth-order valence-corrected chi connectivity index (χ4v) is 2.31. The number of amides is 1. The van der Waals surface area contributed by atoms with E-state index in [2.05, 4.69) is 4.90 Å². The first kappa shape index (κ1) is 19.0. The zero-order chi connectivity index (χ0) is 12.4. The highest BCUT2D eigenvalue weighted by Crippen LogP contribution is 2.29. The van der Waals surface area contributed by atoms with E-state index in [1.54, 1.807) is 0 Å². The van der Waals surface area contributed by atoms with Crippen molar-refractivity contribution >= 4 is 30.7 Å². The minimum atomic E-state index is -0.329. The van der Waals surface area contributed by atoms with Crippen LogP contribution < -0.4 is 5.73 Å². The number of nitrogens with zero attached hydrogens (tertiary/aromatic N) is 2. The van der Waals surface area contributed by atoms with Gasteiger partial charge in [-0.05, 0) is 24.7 Å². The molecule has 2 N–H and O–H groups in total. The van der Waals surface area contributed by atoms with Crippen molar-refractivity contribution in [3.05, 3.63) is 0 Å². The molecule has 0 aromatic heterocycles. The van der Waals surface area contributed by atoms with Crippen molar-refractivity contribution in [2.75, 3.05) is 32.7 Å². The first-order valence-corrected chi connectivity index (χ1v) is 6.84. The smallest absolute Gasteiger partial charge is 0.239 e. The Bertz CT molecular complexity index is 277. The normalized spacial score (nSPS) is 21.6. The van der Waals surface area contributed by atoms with Crippen LogP contribution in [0.3, 0.4) is 0 Å². The Hall–Kier alpha value is -0.0300. The van der Waals surface area contributed by atoms with Crippen LogP contribution in [0.5, 0.6) is 0 Å². The zero-order valence-electron chi connectivity index (χ0n) is 11.9. The summed E-state index contributed by atoms with van der Waals surface area (Å²) in [6.07, 6.45) is 2.80. The monoisotopic (exact) mass is 311 g/mol. The van der Waals surface area contributed by atoms with Gasteiger partial charge >= 0.3 is 0 Å². The maximum atomic E-state index is 12.1. The van der Waals surface area contributed by atoms with Gasteiger partial charge < -0.3 is 10.6 Å². The van der Waals surface area contributed by atoms with Crippen LogP contribution in [0.25, 0.3) is 0 Å². The molecule has 1 saturated heterocycles. The highest BCUT2D eigenvalue weighted by molar-refractivity contribution is 5.85. The number of nitrogens with two attached hydrogens (primary N) is 1. The summed E-state index contributed by atoms with van der Waals surface area (Å²) < 4.78 is 0. The summed E-state index contributed by atoms with van der Waals surface area (Å²) in [5, 5.41) is 0. The largest absolute Gasteiger partial charge is 0.339 e. The van der Waals surface area contributed by atoms with Crippen LogP contribution in [0.1, 0.15) is 26.7 Å². The van der Waals surface area contributed by atoms with Crippen LogP contribution in [-0.2, 0) is 4.79 Å². The predicted octanol–water partition coefficient (Wildman–Crippen LogP) is 1.37. The Kier molecular flexibility index (Phi) is 8.29. The van der Waals surface area contributed by atoms with Gasteiger partial charge in [-0.15, -0.1) is 24.8 Å². The molecule has 1 heterocycles. The third kappa shape index (κ3) is 5.46. The van der Waals surface area contributed by atoms with Crippen molar-refractivity contribution in [1.29, 1.82) is 0 Å². The van der Waals surface area contributed by atoms with Crippen LogP contribution in [0.15, 0.2) is 0 Å². The molecule has 114 valence electrons. The molecule has 0 radical (unpaired) electrons. The second-order valence-corrected chi connectivity index (χ2v) is 5.84. The lowest BCUT2D eigenvalue weighted by molar-refractivity contribution is -0.135. The lowest BCUT2D eigenvalue weighted by Crippen LogP contribution is -2.54. The Balaban J connectivity index is 0.00000162. The lowest BCUT2D eigenvalue weighted by atomic mass is 10.0. The number of hydrogen-bond acceptors (Lipinski definition) is 3. The number of piperazine rings is 1. The molecule has 1 atom stereocenters. The number of carbonyl (C=O) groups excluding carboxylic acids is 1. The third-order valence-electron chi connectivity index (χ3n) is 3.90. The molecule has 6 heteroatoms. The van der Waals surface area contributed by atoms with E-state index in [-0.39, 0.29) is 42.7 Å². The molecule has 1 aliphatic carbocycles. The number of halogens is 2. The van der Waals surface area contributed by atoms with Gasteiger partial charge in [-0.2, -0.15) is 0 Å². The Morgan fingerprint density at radius 3 is 2.11 bits per heavy atom. The standard InChI is InChI=1S/C13H25N3O.2ClH/c1-10(2)12(14)13(17)16-7-5-15(6-8-16)9-11-3-4-11;;/h10-12H,3-9,14H2,1-2H3;2*1H. The molecule has 1 saturated carbocycles. The number of carbonyl (C=O) groups is 1. The summed E-state index contributed by atoms with van der Waals surface area (Å²) >= 11 is 0. The van der Waals surface area contributed by atoms with Crippen molar-refractivity contribution in [1.82, 2.24) is 9.80 Å². The Morgan fingerprint density at radius 2 is 1.68 bits per heavy atom. The van der Waals surface area contributed by atoms with Crippen LogP contribution in [-0.4, -0.2) is 54.5 Å². The summed E-state index contributed by atoms with van der Waals surface area (Å²) in [4.78, 5) is 16.5. The maximum Gasteiger partial charge on any atom is 0.239 e. The van der Waals surface area contributed by atoms with Crippen molar-refractivity contribution < 1.29 is 4.79 Å². The topological polar surface area (TPSA) is 49.6 Å². The van der Waals surface area contributed by atoms with Gasteiger partial charge in [0.25, 0.3) is 0 Å². The first-order chi connectivity index (χ1) is 8.08. The van der Waals surface area contributed by atoms with Gasteiger partial charge in [0.2, 0.25) is 5.91 Å². The van der Waals surface area contributed by atoms with Crippen molar-refractivity contribution in [3.63, 3.8) is 0 Å². The van der Waals surface area contributed by atoms with Gasteiger partial charge in [0, 0.05) is 32.7 Å². The summed E-state index contributed by atoms with van der Waals surface area (Å²) in [5.74, 6) is 1.30. The summed E-state index contributed by atoms with van der Waals surface area (Å²) in [6.45, 7) is 8.99. The van der Waals surface area contributed by atoms with E-state index in [0.717, 1.165) is 32.1 Å². The molecule has 4 nitrogen and oxygen atoms in total. The first-order valence-electron chi connectivity index (χ1n) is 6.84. The molecule has 1 aliphatic heterocycles.